The van der Waals surface area contributed by atoms with Gasteiger partial charge in [-0.2, -0.15) is 0 Å². The lowest BCUT2D eigenvalue weighted by Gasteiger charge is -2.31. The highest BCUT2D eigenvalue weighted by Crippen LogP contribution is 2.53. The molecule has 1 nitrogen and oxygen atoms in total. The lowest BCUT2D eigenvalue weighted by molar-refractivity contribution is 0.00415. The number of fused-ring (bicyclic) bond motifs is 3. The van der Waals surface area contributed by atoms with Crippen LogP contribution in [0.3, 0.4) is 0 Å². The van der Waals surface area contributed by atoms with E-state index in [0.717, 1.165) is 29.4 Å². The molecule has 4 unspecified atom stereocenters. The summed E-state index contributed by atoms with van der Waals surface area (Å²) in [5, 5.41) is 11.0. The summed E-state index contributed by atoms with van der Waals surface area (Å²) in [6.45, 7) is 0. The Morgan fingerprint density at radius 3 is 2.89 bits per heavy atom. The molecule has 1 N–H and O–H groups in total. The molecule has 2 bridgehead atoms. The Morgan fingerprint density at radius 2 is 2.16 bits per heavy atom. The van der Waals surface area contributed by atoms with E-state index in [9.17, 15) is 9.50 Å². The maximum Gasteiger partial charge on any atom is 0.126 e. The molecule has 4 rings (SSSR count). The van der Waals surface area contributed by atoms with Crippen LogP contribution in [0, 0.1) is 23.6 Å². The molecule has 2 heteroatoms. The van der Waals surface area contributed by atoms with Crippen LogP contribution in [0.4, 0.5) is 4.39 Å². The van der Waals surface area contributed by atoms with Crippen LogP contribution in [0.25, 0.3) is 0 Å². The minimum Gasteiger partial charge on any atom is -0.385 e. The highest BCUT2D eigenvalue weighted by atomic mass is 19.1. The van der Waals surface area contributed by atoms with Crippen molar-refractivity contribution in [2.24, 2.45) is 17.8 Å². The molecule has 0 spiro atoms. The Hall–Kier alpha value is -0.890. The van der Waals surface area contributed by atoms with Gasteiger partial charge in [0.15, 0.2) is 0 Å². The molecule has 102 valence electrons. The van der Waals surface area contributed by atoms with Crippen molar-refractivity contribution in [2.75, 3.05) is 0 Å². The minimum atomic E-state index is -0.757. The van der Waals surface area contributed by atoms with E-state index in [1.807, 2.05) is 6.07 Å². The predicted octanol–water partition coefficient (Wildman–Crippen LogP) is 3.79. The van der Waals surface area contributed by atoms with Crippen LogP contribution in [0.2, 0.25) is 0 Å². The van der Waals surface area contributed by atoms with Gasteiger partial charge in [-0.05, 0) is 73.5 Å². The summed E-state index contributed by atoms with van der Waals surface area (Å²) in [4.78, 5) is 0. The molecule has 1 aromatic carbocycles. The molecule has 3 aliphatic rings. The third kappa shape index (κ3) is 1.76. The Bertz CT molecular complexity index is 512. The number of halogens is 1. The second-order valence-electron chi connectivity index (χ2n) is 6.94. The summed E-state index contributed by atoms with van der Waals surface area (Å²) >= 11 is 0. The van der Waals surface area contributed by atoms with E-state index in [2.05, 4.69) is 0 Å². The first-order valence-corrected chi connectivity index (χ1v) is 7.66. The molecule has 2 saturated carbocycles. The van der Waals surface area contributed by atoms with Crippen LogP contribution >= 0.6 is 0 Å². The van der Waals surface area contributed by atoms with Gasteiger partial charge in [0.1, 0.15) is 5.82 Å². The zero-order valence-corrected chi connectivity index (χ0v) is 11.2. The number of hydrogen-bond acceptors (Lipinski definition) is 1. The van der Waals surface area contributed by atoms with Crippen molar-refractivity contribution in [3.63, 3.8) is 0 Å². The van der Waals surface area contributed by atoms with Crippen molar-refractivity contribution >= 4 is 0 Å². The first-order chi connectivity index (χ1) is 9.16. The SMILES string of the molecule is OC1(CC2CC3CCC2C3)CCc2c(F)cccc21. The normalized spacial score (nSPS) is 39.8. The molecule has 0 amide bonds. The van der Waals surface area contributed by atoms with Crippen molar-refractivity contribution in [3.05, 3.63) is 35.1 Å². The summed E-state index contributed by atoms with van der Waals surface area (Å²) in [6.07, 6.45) is 7.65. The lowest BCUT2D eigenvalue weighted by atomic mass is 9.78. The van der Waals surface area contributed by atoms with Crippen molar-refractivity contribution in [1.29, 1.82) is 0 Å². The molecule has 0 radical (unpaired) electrons. The molecule has 1 aromatic rings. The molecule has 19 heavy (non-hydrogen) atoms. The number of benzene rings is 1. The summed E-state index contributed by atoms with van der Waals surface area (Å²) in [7, 11) is 0. The van der Waals surface area contributed by atoms with Gasteiger partial charge in [0.25, 0.3) is 0 Å². The van der Waals surface area contributed by atoms with Crippen molar-refractivity contribution < 1.29 is 9.50 Å². The lowest BCUT2D eigenvalue weighted by Crippen LogP contribution is -2.28. The predicted molar refractivity (Wildman–Crippen MR) is 72.2 cm³/mol. The highest BCUT2D eigenvalue weighted by molar-refractivity contribution is 5.38. The third-order valence-corrected chi connectivity index (χ3v) is 5.89. The molecule has 0 aromatic heterocycles. The average molecular weight is 260 g/mol. The molecule has 0 aliphatic heterocycles. The van der Waals surface area contributed by atoms with E-state index in [0.29, 0.717) is 18.8 Å². The van der Waals surface area contributed by atoms with Gasteiger partial charge in [0, 0.05) is 0 Å². The van der Waals surface area contributed by atoms with Gasteiger partial charge in [-0.15, -0.1) is 0 Å². The van der Waals surface area contributed by atoms with Gasteiger partial charge in [0.2, 0.25) is 0 Å². The Kier molecular flexibility index (Phi) is 2.54. The van der Waals surface area contributed by atoms with Crippen LogP contribution in [0.15, 0.2) is 18.2 Å². The first kappa shape index (κ1) is 11.9. The van der Waals surface area contributed by atoms with Crippen molar-refractivity contribution in [1.82, 2.24) is 0 Å². The van der Waals surface area contributed by atoms with Crippen LogP contribution in [-0.4, -0.2) is 5.11 Å². The third-order valence-electron chi connectivity index (χ3n) is 5.89. The standard InChI is InChI=1S/C17H21FO/c18-16-3-1-2-15-14(16)6-7-17(15,19)10-13-9-11-4-5-12(13)8-11/h1-3,11-13,19H,4-10H2. The van der Waals surface area contributed by atoms with Gasteiger partial charge in [0.05, 0.1) is 5.60 Å². The number of aliphatic hydroxyl groups is 1. The average Bonchev–Trinajstić information content (AvgIpc) is 3.06. The largest absolute Gasteiger partial charge is 0.385 e. The molecular formula is C17H21FO. The fourth-order valence-corrected chi connectivity index (χ4v) is 4.99. The quantitative estimate of drug-likeness (QED) is 0.858. The van der Waals surface area contributed by atoms with Gasteiger partial charge < -0.3 is 5.11 Å². The molecular weight excluding hydrogens is 239 g/mol. The molecule has 0 saturated heterocycles. The van der Waals surface area contributed by atoms with E-state index in [1.54, 1.807) is 6.07 Å². The molecule has 3 aliphatic carbocycles. The van der Waals surface area contributed by atoms with Gasteiger partial charge in [-0.1, -0.05) is 18.6 Å². The highest BCUT2D eigenvalue weighted by Gasteiger charge is 2.46. The van der Waals surface area contributed by atoms with E-state index >= 15 is 0 Å². The summed E-state index contributed by atoms with van der Waals surface area (Å²) < 4.78 is 13.8. The van der Waals surface area contributed by atoms with Crippen LogP contribution in [0.1, 0.15) is 49.7 Å². The van der Waals surface area contributed by atoms with E-state index in [-0.39, 0.29) is 5.82 Å². The topological polar surface area (TPSA) is 20.2 Å². The Morgan fingerprint density at radius 1 is 1.26 bits per heavy atom. The van der Waals surface area contributed by atoms with Crippen molar-refractivity contribution in [2.45, 2.75) is 50.5 Å². The van der Waals surface area contributed by atoms with Gasteiger partial charge in [-0.3, -0.25) is 0 Å². The van der Waals surface area contributed by atoms with E-state index in [1.165, 1.54) is 31.7 Å². The Balaban J connectivity index is 1.61. The van der Waals surface area contributed by atoms with E-state index < -0.39 is 5.60 Å². The zero-order chi connectivity index (χ0) is 13.0. The fraction of sp³-hybridized carbons (Fsp3) is 0.647. The monoisotopic (exact) mass is 260 g/mol. The second kappa shape index (κ2) is 4.05. The van der Waals surface area contributed by atoms with Crippen LogP contribution in [0.5, 0.6) is 0 Å². The summed E-state index contributed by atoms with van der Waals surface area (Å²) in [5.74, 6) is 2.26. The number of hydrogen-bond donors (Lipinski definition) is 1. The molecule has 0 heterocycles. The maximum atomic E-state index is 13.8. The second-order valence-corrected chi connectivity index (χ2v) is 6.94. The van der Waals surface area contributed by atoms with Crippen LogP contribution < -0.4 is 0 Å². The van der Waals surface area contributed by atoms with Gasteiger partial charge in [-0.25, -0.2) is 4.39 Å². The molecule has 2 fully saturated rings. The van der Waals surface area contributed by atoms with E-state index in [4.69, 9.17) is 0 Å². The Labute approximate surface area is 113 Å². The van der Waals surface area contributed by atoms with Crippen molar-refractivity contribution in [3.8, 4) is 0 Å². The fourth-order valence-electron chi connectivity index (χ4n) is 4.99. The van der Waals surface area contributed by atoms with Gasteiger partial charge >= 0.3 is 0 Å². The molecule has 4 atom stereocenters. The van der Waals surface area contributed by atoms with Crippen LogP contribution in [-0.2, 0) is 12.0 Å². The smallest absolute Gasteiger partial charge is 0.126 e. The minimum absolute atomic E-state index is 0.138. The summed E-state index contributed by atoms with van der Waals surface area (Å²) in [5.41, 5.74) is 0.871. The maximum absolute atomic E-state index is 13.8. The first-order valence-electron chi connectivity index (χ1n) is 7.66. The number of rotatable bonds is 2. The summed E-state index contributed by atoms with van der Waals surface area (Å²) in [6, 6.07) is 5.19. The zero-order valence-electron chi connectivity index (χ0n) is 11.2.